The Labute approximate surface area is 215 Å². The molecule has 0 radical (unpaired) electrons. The summed E-state index contributed by atoms with van der Waals surface area (Å²) < 4.78 is 16.6. The molecule has 0 atom stereocenters. The van der Waals surface area contributed by atoms with Crippen LogP contribution in [0.5, 0.6) is 17.2 Å². The van der Waals surface area contributed by atoms with E-state index in [1.807, 2.05) is 43.3 Å². The zero-order valence-corrected chi connectivity index (χ0v) is 20.3. The Kier molecular flexibility index (Phi) is 8.64. The Balaban J connectivity index is 1.31. The quantitative estimate of drug-likeness (QED) is 0.133. The number of benzene rings is 4. The molecule has 0 aliphatic rings. The van der Waals surface area contributed by atoms with Gasteiger partial charge in [0.2, 0.25) is 0 Å². The smallest absolute Gasteiger partial charge is 0.343 e. The first-order valence-electron chi connectivity index (χ1n) is 11.8. The third kappa shape index (κ3) is 7.29. The number of para-hydroxylation sites is 1. The first kappa shape index (κ1) is 25.2. The van der Waals surface area contributed by atoms with Gasteiger partial charge in [-0.2, -0.15) is 5.10 Å². The van der Waals surface area contributed by atoms with Crippen molar-refractivity contribution < 1.29 is 23.8 Å². The van der Waals surface area contributed by atoms with Crippen LogP contribution in [-0.2, 0) is 6.61 Å². The summed E-state index contributed by atoms with van der Waals surface area (Å²) in [4.78, 5) is 25.0. The van der Waals surface area contributed by atoms with Gasteiger partial charge in [-0.25, -0.2) is 10.2 Å². The molecular weight excluding hydrogens is 468 g/mol. The van der Waals surface area contributed by atoms with Gasteiger partial charge in [-0.1, -0.05) is 42.5 Å². The predicted octanol–water partition coefficient (Wildman–Crippen LogP) is 5.65. The molecule has 1 N–H and O–H groups in total. The van der Waals surface area contributed by atoms with Crippen LogP contribution in [0.4, 0.5) is 0 Å². The normalized spacial score (nSPS) is 10.6. The fourth-order valence-corrected chi connectivity index (χ4v) is 3.38. The van der Waals surface area contributed by atoms with Gasteiger partial charge in [0.25, 0.3) is 5.91 Å². The Hall–Kier alpha value is -4.91. The van der Waals surface area contributed by atoms with E-state index in [-0.39, 0.29) is 5.91 Å². The molecule has 0 spiro atoms. The predicted molar refractivity (Wildman–Crippen MR) is 141 cm³/mol. The average molecular weight is 495 g/mol. The number of hydrogen-bond donors (Lipinski definition) is 1. The second-order valence-corrected chi connectivity index (χ2v) is 7.89. The molecule has 4 rings (SSSR count). The molecular formula is C30H26N2O5. The second-order valence-electron chi connectivity index (χ2n) is 7.89. The highest BCUT2D eigenvalue weighted by Crippen LogP contribution is 2.20. The fraction of sp³-hybridized carbons (Fsp3) is 0.100. The van der Waals surface area contributed by atoms with Crippen molar-refractivity contribution in [2.75, 3.05) is 6.61 Å². The van der Waals surface area contributed by atoms with Crippen LogP contribution in [0.25, 0.3) is 0 Å². The zero-order valence-electron chi connectivity index (χ0n) is 20.3. The molecule has 0 aliphatic heterocycles. The van der Waals surface area contributed by atoms with E-state index in [1.54, 1.807) is 66.7 Å². The van der Waals surface area contributed by atoms with Crippen molar-refractivity contribution in [3.8, 4) is 17.2 Å². The highest BCUT2D eigenvalue weighted by molar-refractivity contribution is 5.97. The van der Waals surface area contributed by atoms with Crippen LogP contribution in [-0.4, -0.2) is 24.7 Å². The molecule has 0 aliphatic carbocycles. The Bertz CT molecular complexity index is 1350. The van der Waals surface area contributed by atoms with Crippen molar-refractivity contribution in [2.24, 2.45) is 5.10 Å². The molecule has 37 heavy (non-hydrogen) atoms. The van der Waals surface area contributed by atoms with E-state index >= 15 is 0 Å². The molecule has 186 valence electrons. The number of amides is 1. The van der Waals surface area contributed by atoms with Crippen molar-refractivity contribution in [1.82, 2.24) is 5.43 Å². The standard InChI is InChI=1S/C30H26N2O5/c1-2-35-25-18-14-24(15-19-25)30(34)37-26-16-12-22(13-17-26)20-31-32-29(33)27-10-6-7-11-28(27)36-21-23-8-4-3-5-9-23/h3-20H,2,21H2,1H3,(H,32,33). The number of hydrazone groups is 1. The minimum absolute atomic E-state index is 0.351. The summed E-state index contributed by atoms with van der Waals surface area (Å²) in [6.07, 6.45) is 1.50. The molecule has 7 heteroatoms. The average Bonchev–Trinajstić information content (AvgIpc) is 2.94. The highest BCUT2D eigenvalue weighted by Gasteiger charge is 2.12. The van der Waals surface area contributed by atoms with Crippen LogP contribution in [0.2, 0.25) is 0 Å². The summed E-state index contributed by atoms with van der Waals surface area (Å²) in [6, 6.07) is 30.2. The lowest BCUT2D eigenvalue weighted by Crippen LogP contribution is -2.18. The van der Waals surface area contributed by atoms with Crippen LogP contribution < -0.4 is 19.6 Å². The van der Waals surface area contributed by atoms with E-state index in [0.29, 0.717) is 41.6 Å². The number of esters is 1. The monoisotopic (exact) mass is 494 g/mol. The SMILES string of the molecule is CCOc1ccc(C(=O)Oc2ccc(C=NNC(=O)c3ccccc3OCc3ccccc3)cc2)cc1. The van der Waals surface area contributed by atoms with E-state index in [4.69, 9.17) is 14.2 Å². The van der Waals surface area contributed by atoms with Crippen molar-refractivity contribution in [3.05, 3.63) is 125 Å². The van der Waals surface area contributed by atoms with Gasteiger partial charge in [-0.15, -0.1) is 0 Å². The minimum Gasteiger partial charge on any atom is -0.494 e. The number of carbonyl (C=O) groups excluding carboxylic acids is 2. The summed E-state index contributed by atoms with van der Waals surface area (Å²) in [6.45, 7) is 2.80. The molecule has 4 aromatic rings. The molecule has 7 nitrogen and oxygen atoms in total. The minimum atomic E-state index is -0.468. The molecule has 0 aromatic heterocycles. The number of rotatable bonds is 10. The lowest BCUT2D eigenvalue weighted by molar-refractivity contribution is 0.0734. The summed E-state index contributed by atoms with van der Waals surface area (Å²) in [5.74, 6) is 0.700. The summed E-state index contributed by atoms with van der Waals surface area (Å²) in [7, 11) is 0. The number of ether oxygens (including phenoxy) is 3. The Morgan fingerprint density at radius 3 is 2.19 bits per heavy atom. The number of nitrogens with one attached hydrogen (secondary N) is 1. The molecule has 0 fully saturated rings. The van der Waals surface area contributed by atoms with Crippen LogP contribution in [0.3, 0.4) is 0 Å². The van der Waals surface area contributed by atoms with Crippen LogP contribution in [0.1, 0.15) is 38.8 Å². The summed E-state index contributed by atoms with van der Waals surface area (Å²) >= 11 is 0. The molecule has 0 saturated heterocycles. The van der Waals surface area contributed by atoms with Gasteiger partial charge in [-0.3, -0.25) is 4.79 Å². The van der Waals surface area contributed by atoms with Gasteiger partial charge in [0, 0.05) is 0 Å². The van der Waals surface area contributed by atoms with Crippen molar-refractivity contribution in [2.45, 2.75) is 13.5 Å². The summed E-state index contributed by atoms with van der Waals surface area (Å²) in [5.41, 5.74) is 5.05. The lowest BCUT2D eigenvalue weighted by Gasteiger charge is -2.10. The van der Waals surface area contributed by atoms with Crippen molar-refractivity contribution in [3.63, 3.8) is 0 Å². The largest absolute Gasteiger partial charge is 0.494 e. The third-order valence-corrected chi connectivity index (χ3v) is 5.24. The maximum Gasteiger partial charge on any atom is 0.343 e. The Morgan fingerprint density at radius 1 is 0.784 bits per heavy atom. The fourth-order valence-electron chi connectivity index (χ4n) is 3.38. The van der Waals surface area contributed by atoms with Crippen molar-refractivity contribution in [1.29, 1.82) is 0 Å². The van der Waals surface area contributed by atoms with Gasteiger partial charge < -0.3 is 14.2 Å². The maximum absolute atomic E-state index is 12.7. The van der Waals surface area contributed by atoms with Crippen LogP contribution in [0.15, 0.2) is 108 Å². The van der Waals surface area contributed by atoms with E-state index < -0.39 is 5.97 Å². The molecule has 0 heterocycles. The topological polar surface area (TPSA) is 86.2 Å². The van der Waals surface area contributed by atoms with Crippen molar-refractivity contribution >= 4 is 18.1 Å². The Morgan fingerprint density at radius 2 is 1.46 bits per heavy atom. The highest BCUT2D eigenvalue weighted by atomic mass is 16.5. The van der Waals surface area contributed by atoms with E-state index in [0.717, 1.165) is 11.1 Å². The lowest BCUT2D eigenvalue weighted by atomic mass is 10.2. The summed E-state index contributed by atoms with van der Waals surface area (Å²) in [5, 5.41) is 4.04. The second kappa shape index (κ2) is 12.7. The number of nitrogens with zero attached hydrogens (tertiary/aromatic N) is 1. The molecule has 1 amide bonds. The van der Waals surface area contributed by atoms with Gasteiger partial charge in [-0.05, 0) is 78.7 Å². The number of carbonyl (C=O) groups is 2. The van der Waals surface area contributed by atoms with E-state index in [2.05, 4.69) is 10.5 Å². The van der Waals surface area contributed by atoms with Gasteiger partial charge in [0.1, 0.15) is 23.9 Å². The maximum atomic E-state index is 12.7. The molecule has 0 saturated carbocycles. The zero-order chi connectivity index (χ0) is 25.9. The van der Waals surface area contributed by atoms with E-state index in [9.17, 15) is 9.59 Å². The van der Waals surface area contributed by atoms with E-state index in [1.165, 1.54) is 6.21 Å². The van der Waals surface area contributed by atoms with Gasteiger partial charge in [0.15, 0.2) is 0 Å². The first-order valence-corrected chi connectivity index (χ1v) is 11.8. The van der Waals surface area contributed by atoms with Crippen LogP contribution >= 0.6 is 0 Å². The molecule has 0 bridgehead atoms. The van der Waals surface area contributed by atoms with Gasteiger partial charge in [0.05, 0.1) is 23.9 Å². The first-order chi connectivity index (χ1) is 18.1. The molecule has 4 aromatic carbocycles. The number of hydrogen-bond acceptors (Lipinski definition) is 6. The van der Waals surface area contributed by atoms with Gasteiger partial charge >= 0.3 is 5.97 Å². The third-order valence-electron chi connectivity index (χ3n) is 5.24. The van der Waals surface area contributed by atoms with Crippen LogP contribution in [0, 0.1) is 0 Å². The molecule has 0 unspecified atom stereocenters.